The number of hydrogen-bond donors (Lipinski definition) is 6. The Morgan fingerprint density at radius 2 is 1.74 bits per heavy atom. The Bertz CT molecular complexity index is 615. The molecule has 0 atom stereocenters. The van der Waals surface area contributed by atoms with E-state index in [-0.39, 0.29) is 11.4 Å². The van der Waals surface area contributed by atoms with Gasteiger partial charge in [0.1, 0.15) is 5.75 Å². The van der Waals surface area contributed by atoms with Gasteiger partial charge in [-0.2, -0.15) is 0 Å². The summed E-state index contributed by atoms with van der Waals surface area (Å²) in [7, 11) is 0. The van der Waals surface area contributed by atoms with Crippen LogP contribution in [0.2, 0.25) is 0 Å². The molecule has 2 rings (SSSR count). The third-order valence-corrected chi connectivity index (χ3v) is 2.75. The van der Waals surface area contributed by atoms with Gasteiger partial charge in [-0.1, -0.05) is 11.7 Å². The summed E-state index contributed by atoms with van der Waals surface area (Å²) >= 11 is 0. The average Bonchev–Trinajstić information content (AvgIpc) is 2.39. The Morgan fingerprint density at radius 1 is 1.00 bits per heavy atom. The number of anilines is 3. The van der Waals surface area contributed by atoms with Gasteiger partial charge in [0.15, 0.2) is 5.75 Å². The summed E-state index contributed by atoms with van der Waals surface area (Å²) in [6.45, 7) is 0. The molecule has 0 unspecified atom stereocenters. The third kappa shape index (κ3) is 2.32. The van der Waals surface area contributed by atoms with Gasteiger partial charge in [-0.25, -0.2) is 5.84 Å². The minimum Gasteiger partial charge on any atom is -0.506 e. The first kappa shape index (κ1) is 12.8. The van der Waals surface area contributed by atoms with Crippen LogP contribution in [0.15, 0.2) is 30.3 Å². The van der Waals surface area contributed by atoms with E-state index in [0.717, 1.165) is 5.56 Å². The summed E-state index contributed by atoms with van der Waals surface area (Å²) in [6.07, 6.45) is 0. The maximum Gasteiger partial charge on any atom is 0.171 e. The fourth-order valence-electron chi connectivity index (χ4n) is 1.75. The van der Waals surface area contributed by atoms with Crippen molar-refractivity contribution in [1.82, 2.24) is 5.59 Å². The van der Waals surface area contributed by atoms with Crippen molar-refractivity contribution in [3.8, 4) is 22.6 Å². The molecule has 0 aliphatic heterocycles. The molecule has 7 heteroatoms. The van der Waals surface area contributed by atoms with Crippen LogP contribution in [0.25, 0.3) is 11.1 Å². The van der Waals surface area contributed by atoms with Gasteiger partial charge in [0.05, 0.1) is 17.1 Å². The van der Waals surface area contributed by atoms with Gasteiger partial charge >= 0.3 is 0 Å². The second-order valence-corrected chi connectivity index (χ2v) is 3.93. The largest absolute Gasteiger partial charge is 0.506 e. The summed E-state index contributed by atoms with van der Waals surface area (Å²) in [6, 6.07) is 8.22. The number of aromatic hydroxyl groups is 1. The zero-order valence-electron chi connectivity index (χ0n) is 10.1. The Hall–Kier alpha value is -2.64. The number of phenolic OH excluding ortho intramolecular Hbond substituents is 1. The lowest BCUT2D eigenvalue weighted by Gasteiger charge is -2.12. The fourth-order valence-corrected chi connectivity index (χ4v) is 1.75. The first-order valence-corrected chi connectivity index (χ1v) is 5.44. The summed E-state index contributed by atoms with van der Waals surface area (Å²) in [5, 5.41) is 9.47. The summed E-state index contributed by atoms with van der Waals surface area (Å²) in [5.41, 5.74) is 21.7. The lowest BCUT2D eigenvalue weighted by atomic mass is 10.0. The van der Waals surface area contributed by atoms with Crippen LogP contribution in [0.1, 0.15) is 0 Å². The molecule has 0 bridgehead atoms. The second-order valence-electron chi connectivity index (χ2n) is 3.93. The van der Waals surface area contributed by atoms with Crippen molar-refractivity contribution >= 4 is 17.1 Å². The molecule has 0 saturated carbocycles. The number of nitrogens with two attached hydrogens (primary N) is 4. The average molecular weight is 261 g/mol. The molecule has 0 spiro atoms. The molecule has 0 aromatic heterocycles. The van der Waals surface area contributed by atoms with E-state index >= 15 is 0 Å². The van der Waals surface area contributed by atoms with Crippen molar-refractivity contribution in [1.29, 1.82) is 0 Å². The zero-order chi connectivity index (χ0) is 14.0. The van der Waals surface area contributed by atoms with E-state index in [9.17, 15) is 5.11 Å². The first-order valence-electron chi connectivity index (χ1n) is 5.44. The lowest BCUT2D eigenvalue weighted by Crippen LogP contribution is -2.26. The minimum atomic E-state index is -0.0542. The monoisotopic (exact) mass is 261 g/mol. The van der Waals surface area contributed by atoms with E-state index in [1.165, 1.54) is 6.07 Å². The quantitative estimate of drug-likeness (QED) is 0.205. The highest BCUT2D eigenvalue weighted by molar-refractivity contribution is 5.88. The number of hydrazine groups is 1. The molecule has 19 heavy (non-hydrogen) atoms. The normalized spacial score (nSPS) is 10.4. The molecular formula is C12H15N5O2. The number of nitrogen functional groups attached to an aromatic ring is 3. The highest BCUT2D eigenvalue weighted by Gasteiger charge is 2.11. The van der Waals surface area contributed by atoms with Crippen LogP contribution in [-0.4, -0.2) is 5.11 Å². The van der Waals surface area contributed by atoms with Gasteiger partial charge in [-0.3, -0.25) is 0 Å². The van der Waals surface area contributed by atoms with Crippen LogP contribution in [0, 0.1) is 0 Å². The van der Waals surface area contributed by atoms with E-state index in [1.807, 2.05) is 0 Å². The molecule has 0 heterocycles. The summed E-state index contributed by atoms with van der Waals surface area (Å²) in [4.78, 5) is 4.91. The third-order valence-electron chi connectivity index (χ3n) is 2.75. The molecule has 10 N–H and O–H groups in total. The number of nitrogens with one attached hydrogen (secondary N) is 1. The highest BCUT2D eigenvalue weighted by atomic mass is 16.7. The Morgan fingerprint density at radius 3 is 2.37 bits per heavy atom. The molecule has 7 nitrogen and oxygen atoms in total. The van der Waals surface area contributed by atoms with Gasteiger partial charge in [0.25, 0.3) is 0 Å². The van der Waals surface area contributed by atoms with Crippen LogP contribution in [0.5, 0.6) is 11.5 Å². The van der Waals surface area contributed by atoms with E-state index in [0.29, 0.717) is 22.7 Å². The van der Waals surface area contributed by atoms with Crippen LogP contribution in [0.4, 0.5) is 17.1 Å². The number of hydrogen-bond acceptors (Lipinski definition) is 7. The van der Waals surface area contributed by atoms with Crippen molar-refractivity contribution in [2.75, 3.05) is 17.2 Å². The number of rotatable bonds is 3. The van der Waals surface area contributed by atoms with Gasteiger partial charge in [-0.15, -0.1) is 0 Å². The molecular weight excluding hydrogens is 246 g/mol. The predicted molar refractivity (Wildman–Crippen MR) is 74.7 cm³/mol. The molecule has 0 saturated heterocycles. The SMILES string of the molecule is NNOc1ccc(-c2ccc(O)c(N)c2N)cc1N. The Labute approximate surface area is 109 Å². The van der Waals surface area contributed by atoms with E-state index in [1.54, 1.807) is 24.3 Å². The van der Waals surface area contributed by atoms with Crippen molar-refractivity contribution in [3.05, 3.63) is 30.3 Å². The van der Waals surface area contributed by atoms with E-state index in [2.05, 4.69) is 5.59 Å². The van der Waals surface area contributed by atoms with Gasteiger partial charge in [0, 0.05) is 5.56 Å². The smallest absolute Gasteiger partial charge is 0.171 e. The van der Waals surface area contributed by atoms with Crippen LogP contribution < -0.4 is 33.5 Å². The van der Waals surface area contributed by atoms with Crippen LogP contribution in [0.3, 0.4) is 0 Å². The fraction of sp³-hybridized carbons (Fsp3) is 0. The van der Waals surface area contributed by atoms with Crippen molar-refractivity contribution < 1.29 is 9.94 Å². The van der Waals surface area contributed by atoms with E-state index in [4.69, 9.17) is 27.9 Å². The molecule has 2 aromatic rings. The molecule has 2 aromatic carbocycles. The van der Waals surface area contributed by atoms with Gasteiger partial charge in [0.2, 0.25) is 0 Å². The topological polar surface area (TPSA) is 146 Å². The first-order chi connectivity index (χ1) is 9.04. The lowest BCUT2D eigenvalue weighted by molar-refractivity contribution is 0.200. The van der Waals surface area contributed by atoms with Crippen molar-refractivity contribution in [2.45, 2.75) is 0 Å². The molecule has 0 aliphatic rings. The number of phenols is 1. The minimum absolute atomic E-state index is 0.0542. The zero-order valence-corrected chi connectivity index (χ0v) is 10.1. The van der Waals surface area contributed by atoms with Crippen molar-refractivity contribution in [2.24, 2.45) is 5.84 Å². The maximum absolute atomic E-state index is 9.47. The second kappa shape index (κ2) is 4.92. The maximum atomic E-state index is 9.47. The van der Waals surface area contributed by atoms with Crippen LogP contribution in [-0.2, 0) is 0 Å². The van der Waals surface area contributed by atoms with Gasteiger partial charge < -0.3 is 27.1 Å². The van der Waals surface area contributed by atoms with Crippen LogP contribution >= 0.6 is 0 Å². The van der Waals surface area contributed by atoms with Crippen molar-refractivity contribution in [3.63, 3.8) is 0 Å². The highest BCUT2D eigenvalue weighted by Crippen LogP contribution is 2.37. The summed E-state index contributed by atoms with van der Waals surface area (Å²) in [5.74, 6) is 5.39. The Kier molecular flexibility index (Phi) is 3.32. The molecule has 0 amide bonds. The predicted octanol–water partition coefficient (Wildman–Crippen LogP) is 0.563. The number of benzene rings is 2. The molecule has 100 valence electrons. The van der Waals surface area contributed by atoms with Gasteiger partial charge in [-0.05, 0) is 29.8 Å². The Balaban J connectivity index is 2.48. The summed E-state index contributed by atoms with van der Waals surface area (Å²) < 4.78 is 0. The standard InChI is InChI=1S/C12H15N5O2/c13-8-5-6(1-4-10(8)19-17-16)7-2-3-9(18)12(15)11(7)14/h1-5,17-18H,13-16H2. The molecule has 0 fully saturated rings. The van der Waals surface area contributed by atoms with E-state index < -0.39 is 0 Å². The molecule has 0 radical (unpaired) electrons. The molecule has 0 aliphatic carbocycles.